The lowest BCUT2D eigenvalue weighted by Gasteiger charge is -2.26. The standard InChI is InChI=1S/C14H32N2O4/c1-11(17)7-15(8-12(2)18)5-6-16(9-13(3)19)10-14(4)20/h11-14,17-20H,5-10H2,1-4H3/p+2/t11-,12+,13-,14+. The molecule has 0 aliphatic carbocycles. The molecular formula is C14H34N2O4+2. The Hall–Kier alpha value is -0.240. The Kier molecular flexibility index (Phi) is 10.4. The van der Waals surface area contributed by atoms with Crippen LogP contribution in [0.4, 0.5) is 0 Å². The van der Waals surface area contributed by atoms with Gasteiger partial charge in [-0.15, -0.1) is 0 Å². The van der Waals surface area contributed by atoms with Crippen LogP contribution < -0.4 is 9.80 Å². The van der Waals surface area contributed by atoms with E-state index in [0.29, 0.717) is 26.2 Å². The molecule has 0 amide bonds. The monoisotopic (exact) mass is 294 g/mol. The van der Waals surface area contributed by atoms with Crippen LogP contribution in [-0.4, -0.2) is 84.1 Å². The summed E-state index contributed by atoms with van der Waals surface area (Å²) in [6.07, 6.45) is -1.61. The number of rotatable bonds is 11. The Morgan fingerprint density at radius 1 is 0.550 bits per heavy atom. The van der Waals surface area contributed by atoms with E-state index >= 15 is 0 Å². The van der Waals surface area contributed by atoms with Gasteiger partial charge in [0.15, 0.2) is 0 Å². The Morgan fingerprint density at radius 2 is 0.750 bits per heavy atom. The molecule has 6 N–H and O–H groups in total. The number of nitrogens with one attached hydrogen (secondary N) is 2. The van der Waals surface area contributed by atoms with Gasteiger partial charge in [0.1, 0.15) is 63.7 Å². The van der Waals surface area contributed by atoms with Crippen molar-refractivity contribution >= 4 is 0 Å². The van der Waals surface area contributed by atoms with E-state index in [0.717, 1.165) is 22.9 Å². The van der Waals surface area contributed by atoms with E-state index in [1.165, 1.54) is 0 Å². The van der Waals surface area contributed by atoms with Crippen molar-refractivity contribution in [3.8, 4) is 0 Å². The summed E-state index contributed by atoms with van der Waals surface area (Å²) < 4.78 is 0. The predicted molar refractivity (Wildman–Crippen MR) is 77.9 cm³/mol. The third kappa shape index (κ3) is 11.6. The lowest BCUT2D eigenvalue weighted by atomic mass is 10.2. The van der Waals surface area contributed by atoms with Gasteiger partial charge in [-0.1, -0.05) is 0 Å². The van der Waals surface area contributed by atoms with Crippen molar-refractivity contribution in [2.75, 3.05) is 39.3 Å². The fourth-order valence-electron chi connectivity index (χ4n) is 2.60. The first-order valence-electron chi connectivity index (χ1n) is 7.60. The highest BCUT2D eigenvalue weighted by Gasteiger charge is 2.20. The predicted octanol–water partition coefficient (Wildman–Crippen LogP) is -3.72. The maximum atomic E-state index is 9.50. The van der Waals surface area contributed by atoms with E-state index < -0.39 is 24.4 Å². The Morgan fingerprint density at radius 3 is 0.900 bits per heavy atom. The number of hydrogen-bond acceptors (Lipinski definition) is 4. The molecule has 0 spiro atoms. The fourth-order valence-corrected chi connectivity index (χ4v) is 2.60. The summed E-state index contributed by atoms with van der Waals surface area (Å²) in [7, 11) is 0. The molecule has 0 bridgehead atoms. The SMILES string of the molecule is C[C@H](O)C[NH+](CC[NH+](C[C@H](C)O)C[C@@H](C)O)C[C@@H](C)O. The van der Waals surface area contributed by atoms with Crippen LogP contribution in [0.25, 0.3) is 0 Å². The minimum absolute atomic E-state index is 0.402. The van der Waals surface area contributed by atoms with Gasteiger partial charge < -0.3 is 30.2 Å². The van der Waals surface area contributed by atoms with Gasteiger partial charge in [-0.3, -0.25) is 0 Å². The number of aliphatic hydroxyl groups is 4. The topological polar surface area (TPSA) is 89.8 Å². The zero-order valence-electron chi connectivity index (χ0n) is 13.3. The van der Waals surface area contributed by atoms with Gasteiger partial charge in [0.25, 0.3) is 0 Å². The Balaban J connectivity index is 4.35. The summed E-state index contributed by atoms with van der Waals surface area (Å²) in [5.41, 5.74) is 0. The first-order valence-corrected chi connectivity index (χ1v) is 7.60. The first kappa shape index (κ1) is 19.8. The van der Waals surface area contributed by atoms with Crippen LogP contribution in [-0.2, 0) is 0 Å². The van der Waals surface area contributed by atoms with E-state index in [2.05, 4.69) is 0 Å². The minimum Gasteiger partial charge on any atom is -0.388 e. The molecule has 6 heteroatoms. The molecular weight excluding hydrogens is 260 g/mol. The second-order valence-corrected chi connectivity index (χ2v) is 6.21. The van der Waals surface area contributed by atoms with Crippen LogP contribution in [0.5, 0.6) is 0 Å². The largest absolute Gasteiger partial charge is 0.388 e. The lowest BCUT2D eigenvalue weighted by Crippen LogP contribution is -3.22. The molecule has 6 atom stereocenters. The summed E-state index contributed by atoms with van der Waals surface area (Å²) in [5.74, 6) is 0. The molecule has 0 aliphatic heterocycles. The Bertz CT molecular complexity index is 191. The summed E-state index contributed by atoms with van der Waals surface area (Å²) in [6.45, 7) is 11.0. The molecule has 122 valence electrons. The third-order valence-electron chi connectivity index (χ3n) is 3.17. The van der Waals surface area contributed by atoms with Crippen LogP contribution >= 0.6 is 0 Å². The average molecular weight is 294 g/mol. The van der Waals surface area contributed by atoms with Crippen molar-refractivity contribution in [3.63, 3.8) is 0 Å². The molecule has 0 aromatic rings. The normalized spacial score (nSPS) is 21.0. The fraction of sp³-hybridized carbons (Fsp3) is 1.00. The quantitative estimate of drug-likeness (QED) is 0.237. The van der Waals surface area contributed by atoms with E-state index in [4.69, 9.17) is 0 Å². The third-order valence-corrected chi connectivity index (χ3v) is 3.17. The van der Waals surface area contributed by atoms with Gasteiger partial charge in [0.05, 0.1) is 0 Å². The minimum atomic E-state index is -0.402. The maximum Gasteiger partial charge on any atom is 0.127 e. The van der Waals surface area contributed by atoms with Crippen molar-refractivity contribution in [2.45, 2.75) is 52.1 Å². The zero-order valence-corrected chi connectivity index (χ0v) is 13.3. The smallest absolute Gasteiger partial charge is 0.127 e. The molecule has 6 nitrogen and oxygen atoms in total. The van der Waals surface area contributed by atoms with Gasteiger partial charge in [-0.2, -0.15) is 0 Å². The average Bonchev–Trinajstić information content (AvgIpc) is 2.22. The molecule has 0 heterocycles. The van der Waals surface area contributed by atoms with Crippen molar-refractivity contribution in [1.29, 1.82) is 0 Å². The van der Waals surface area contributed by atoms with E-state index in [-0.39, 0.29) is 0 Å². The molecule has 0 saturated heterocycles. The van der Waals surface area contributed by atoms with Crippen molar-refractivity contribution in [2.24, 2.45) is 0 Å². The number of quaternary nitrogens is 2. The molecule has 0 aromatic heterocycles. The second-order valence-electron chi connectivity index (χ2n) is 6.21. The molecule has 0 rings (SSSR count). The summed E-state index contributed by atoms with van der Waals surface area (Å²) in [6, 6.07) is 0. The first-order chi connectivity index (χ1) is 9.20. The highest BCUT2D eigenvalue weighted by Crippen LogP contribution is 1.76. The molecule has 20 heavy (non-hydrogen) atoms. The van der Waals surface area contributed by atoms with E-state index in [9.17, 15) is 20.4 Å². The van der Waals surface area contributed by atoms with Gasteiger partial charge in [0, 0.05) is 0 Å². The van der Waals surface area contributed by atoms with E-state index in [1.807, 2.05) is 0 Å². The molecule has 0 aromatic carbocycles. The summed E-state index contributed by atoms with van der Waals surface area (Å²) >= 11 is 0. The highest BCUT2D eigenvalue weighted by atomic mass is 16.3. The van der Waals surface area contributed by atoms with Crippen LogP contribution in [0.2, 0.25) is 0 Å². The van der Waals surface area contributed by atoms with Crippen LogP contribution in [0.15, 0.2) is 0 Å². The van der Waals surface area contributed by atoms with Crippen molar-refractivity contribution in [3.05, 3.63) is 0 Å². The summed E-state index contributed by atoms with van der Waals surface area (Å²) in [5, 5.41) is 38.0. The number of hydrogen-bond donors (Lipinski definition) is 6. The maximum absolute atomic E-state index is 9.50. The van der Waals surface area contributed by atoms with E-state index in [1.54, 1.807) is 27.7 Å². The van der Waals surface area contributed by atoms with Crippen molar-refractivity contribution in [1.82, 2.24) is 0 Å². The molecule has 0 fully saturated rings. The van der Waals surface area contributed by atoms with Gasteiger partial charge in [-0.25, -0.2) is 0 Å². The van der Waals surface area contributed by atoms with Crippen LogP contribution in [0, 0.1) is 0 Å². The lowest BCUT2D eigenvalue weighted by molar-refractivity contribution is -0.962. The number of aliphatic hydroxyl groups excluding tert-OH is 4. The van der Waals surface area contributed by atoms with Crippen molar-refractivity contribution < 1.29 is 30.2 Å². The molecule has 0 radical (unpaired) electrons. The molecule has 0 saturated carbocycles. The van der Waals surface area contributed by atoms with Gasteiger partial charge in [-0.05, 0) is 27.7 Å². The molecule has 2 unspecified atom stereocenters. The molecule has 0 aliphatic rings. The Labute approximate surface area is 122 Å². The summed E-state index contributed by atoms with van der Waals surface area (Å²) in [4.78, 5) is 2.28. The van der Waals surface area contributed by atoms with Crippen LogP contribution in [0.3, 0.4) is 0 Å². The zero-order chi connectivity index (χ0) is 15.7. The highest BCUT2D eigenvalue weighted by molar-refractivity contribution is 4.48. The second kappa shape index (κ2) is 10.5. The van der Waals surface area contributed by atoms with Gasteiger partial charge in [0.2, 0.25) is 0 Å². The van der Waals surface area contributed by atoms with Crippen LogP contribution in [0.1, 0.15) is 27.7 Å². The van der Waals surface area contributed by atoms with Gasteiger partial charge >= 0.3 is 0 Å².